The number of nitrogens with two attached hydrogens (primary N) is 2. The zero-order valence-electron chi connectivity index (χ0n) is 6.04. The van der Waals surface area contributed by atoms with Gasteiger partial charge in [0.15, 0.2) is 0 Å². The molecule has 0 aromatic carbocycles. The molecule has 1 aromatic heterocycles. The summed E-state index contributed by atoms with van der Waals surface area (Å²) < 4.78 is 0. The van der Waals surface area contributed by atoms with Crippen LogP contribution < -0.4 is 11.5 Å². The highest BCUT2D eigenvalue weighted by molar-refractivity contribution is 7.12. The monoisotopic (exact) mass is 170 g/mol. The molecule has 0 aliphatic carbocycles. The molecule has 1 rings (SSSR count). The first kappa shape index (κ1) is 8.23. The molecular formula is C7H10N2OS. The summed E-state index contributed by atoms with van der Waals surface area (Å²) in [5.74, 6) is -0.296. The standard InChI is InChI=1S/C7H10N2OS/c8-4-6-2-1-5(11-6)3-7(9)10/h1-2H,3-4,8H2,(H2,9,10). The number of carbonyl (C=O) groups excluding carboxylic acids is 1. The third-order valence-corrected chi connectivity index (χ3v) is 2.37. The van der Waals surface area contributed by atoms with Gasteiger partial charge >= 0.3 is 0 Å². The molecular weight excluding hydrogens is 160 g/mol. The van der Waals surface area contributed by atoms with E-state index in [-0.39, 0.29) is 5.91 Å². The van der Waals surface area contributed by atoms with Gasteiger partial charge in [0.25, 0.3) is 0 Å². The van der Waals surface area contributed by atoms with E-state index in [9.17, 15) is 4.79 Å². The van der Waals surface area contributed by atoms with Crippen molar-refractivity contribution in [1.29, 1.82) is 0 Å². The van der Waals surface area contributed by atoms with Gasteiger partial charge < -0.3 is 11.5 Å². The van der Waals surface area contributed by atoms with Crippen LogP contribution in [0.4, 0.5) is 0 Å². The van der Waals surface area contributed by atoms with Gasteiger partial charge in [-0.1, -0.05) is 0 Å². The maximum Gasteiger partial charge on any atom is 0.222 e. The lowest BCUT2D eigenvalue weighted by Crippen LogP contribution is -2.12. The summed E-state index contributed by atoms with van der Waals surface area (Å²) in [5.41, 5.74) is 10.4. The first-order chi connectivity index (χ1) is 5.22. The first-order valence-corrected chi connectivity index (χ1v) is 4.10. The molecule has 1 aromatic rings. The fraction of sp³-hybridized carbons (Fsp3) is 0.286. The number of hydrogen-bond donors (Lipinski definition) is 2. The van der Waals surface area contributed by atoms with Crippen LogP contribution in [-0.4, -0.2) is 5.91 Å². The largest absolute Gasteiger partial charge is 0.369 e. The Morgan fingerprint density at radius 1 is 1.45 bits per heavy atom. The van der Waals surface area contributed by atoms with Gasteiger partial charge in [0.2, 0.25) is 5.91 Å². The predicted octanol–water partition coefficient (Wildman–Crippen LogP) is 0.235. The molecule has 0 fully saturated rings. The molecule has 11 heavy (non-hydrogen) atoms. The summed E-state index contributed by atoms with van der Waals surface area (Å²) in [6.45, 7) is 0.531. The molecule has 0 atom stereocenters. The van der Waals surface area contributed by atoms with Crippen LogP contribution in [-0.2, 0) is 17.8 Å². The molecule has 0 saturated heterocycles. The quantitative estimate of drug-likeness (QED) is 0.682. The minimum Gasteiger partial charge on any atom is -0.369 e. The smallest absolute Gasteiger partial charge is 0.222 e. The molecule has 0 unspecified atom stereocenters. The van der Waals surface area contributed by atoms with Crippen molar-refractivity contribution in [1.82, 2.24) is 0 Å². The van der Waals surface area contributed by atoms with E-state index in [1.807, 2.05) is 12.1 Å². The average molecular weight is 170 g/mol. The number of carbonyl (C=O) groups is 1. The third kappa shape index (κ3) is 2.32. The van der Waals surface area contributed by atoms with E-state index < -0.39 is 0 Å². The molecule has 4 heteroatoms. The van der Waals surface area contributed by atoms with Crippen LogP contribution in [0.25, 0.3) is 0 Å². The Hall–Kier alpha value is -0.870. The summed E-state index contributed by atoms with van der Waals surface area (Å²) in [6.07, 6.45) is 0.324. The molecule has 1 heterocycles. The fourth-order valence-corrected chi connectivity index (χ4v) is 1.71. The van der Waals surface area contributed by atoms with E-state index in [0.29, 0.717) is 13.0 Å². The lowest BCUT2D eigenvalue weighted by Gasteiger charge is -1.88. The maximum absolute atomic E-state index is 10.5. The van der Waals surface area contributed by atoms with Crippen LogP contribution in [0.2, 0.25) is 0 Å². The molecule has 60 valence electrons. The van der Waals surface area contributed by atoms with E-state index >= 15 is 0 Å². The van der Waals surface area contributed by atoms with Crippen molar-refractivity contribution >= 4 is 17.2 Å². The van der Waals surface area contributed by atoms with E-state index in [4.69, 9.17) is 11.5 Å². The van der Waals surface area contributed by atoms with Crippen LogP contribution in [0.5, 0.6) is 0 Å². The van der Waals surface area contributed by atoms with Crippen LogP contribution >= 0.6 is 11.3 Å². The van der Waals surface area contributed by atoms with Crippen molar-refractivity contribution in [3.63, 3.8) is 0 Å². The molecule has 0 spiro atoms. The van der Waals surface area contributed by atoms with Crippen molar-refractivity contribution in [2.45, 2.75) is 13.0 Å². The topological polar surface area (TPSA) is 69.1 Å². The third-order valence-electron chi connectivity index (χ3n) is 1.27. The summed E-state index contributed by atoms with van der Waals surface area (Å²) >= 11 is 1.54. The van der Waals surface area contributed by atoms with Crippen LogP contribution in [0.3, 0.4) is 0 Å². The number of hydrogen-bond acceptors (Lipinski definition) is 3. The van der Waals surface area contributed by atoms with Gasteiger partial charge in [-0.3, -0.25) is 4.79 Å². The second-order valence-electron chi connectivity index (χ2n) is 2.22. The second kappa shape index (κ2) is 3.50. The number of thiophene rings is 1. The molecule has 4 N–H and O–H groups in total. The highest BCUT2D eigenvalue weighted by Crippen LogP contribution is 2.15. The summed E-state index contributed by atoms with van der Waals surface area (Å²) in [7, 11) is 0. The molecule has 0 aliphatic heterocycles. The summed E-state index contributed by atoms with van der Waals surface area (Å²) in [5, 5.41) is 0. The molecule has 1 amide bonds. The summed E-state index contributed by atoms with van der Waals surface area (Å²) in [4.78, 5) is 12.5. The van der Waals surface area contributed by atoms with E-state index in [0.717, 1.165) is 9.75 Å². The van der Waals surface area contributed by atoms with Crippen molar-refractivity contribution in [3.05, 3.63) is 21.9 Å². The van der Waals surface area contributed by atoms with Crippen LogP contribution in [0.15, 0.2) is 12.1 Å². The number of rotatable bonds is 3. The Bertz CT molecular complexity index is 257. The van der Waals surface area contributed by atoms with Gasteiger partial charge in [0, 0.05) is 16.3 Å². The lowest BCUT2D eigenvalue weighted by molar-refractivity contribution is -0.117. The Balaban J connectivity index is 2.65. The molecule has 0 aliphatic rings. The lowest BCUT2D eigenvalue weighted by atomic mass is 10.3. The highest BCUT2D eigenvalue weighted by Gasteiger charge is 2.01. The summed E-state index contributed by atoms with van der Waals surface area (Å²) in [6, 6.07) is 3.81. The first-order valence-electron chi connectivity index (χ1n) is 3.28. The van der Waals surface area contributed by atoms with E-state index in [1.54, 1.807) is 0 Å². The van der Waals surface area contributed by atoms with Gasteiger partial charge in [-0.15, -0.1) is 11.3 Å². The predicted molar refractivity (Wildman–Crippen MR) is 45.1 cm³/mol. The SMILES string of the molecule is NCc1ccc(CC(N)=O)s1. The van der Waals surface area contributed by atoms with Crippen molar-refractivity contribution < 1.29 is 4.79 Å². The van der Waals surface area contributed by atoms with E-state index in [2.05, 4.69) is 0 Å². The zero-order valence-corrected chi connectivity index (χ0v) is 6.86. The average Bonchev–Trinajstić information content (AvgIpc) is 2.34. The Morgan fingerprint density at radius 2 is 2.09 bits per heavy atom. The van der Waals surface area contributed by atoms with Gasteiger partial charge in [0.05, 0.1) is 6.42 Å². The molecule has 3 nitrogen and oxygen atoms in total. The minimum atomic E-state index is -0.296. The van der Waals surface area contributed by atoms with Crippen LogP contribution in [0.1, 0.15) is 9.75 Å². The van der Waals surface area contributed by atoms with Gasteiger partial charge in [-0.2, -0.15) is 0 Å². The van der Waals surface area contributed by atoms with Gasteiger partial charge in [-0.25, -0.2) is 0 Å². The molecule has 0 saturated carbocycles. The second-order valence-corrected chi connectivity index (χ2v) is 3.47. The number of primary amides is 1. The Morgan fingerprint density at radius 3 is 2.55 bits per heavy atom. The van der Waals surface area contributed by atoms with Crippen molar-refractivity contribution in [2.24, 2.45) is 11.5 Å². The normalized spacial score (nSPS) is 9.91. The molecule has 0 radical (unpaired) electrons. The molecule has 0 bridgehead atoms. The number of amides is 1. The highest BCUT2D eigenvalue weighted by atomic mass is 32.1. The van der Waals surface area contributed by atoms with Crippen LogP contribution in [0, 0.1) is 0 Å². The Labute approximate surface area is 69.0 Å². The van der Waals surface area contributed by atoms with Gasteiger partial charge in [0.1, 0.15) is 0 Å². The van der Waals surface area contributed by atoms with Gasteiger partial charge in [-0.05, 0) is 12.1 Å². The van der Waals surface area contributed by atoms with E-state index in [1.165, 1.54) is 11.3 Å². The minimum absolute atomic E-state index is 0.296. The van der Waals surface area contributed by atoms with Crippen molar-refractivity contribution in [2.75, 3.05) is 0 Å². The fourth-order valence-electron chi connectivity index (χ4n) is 0.799. The van der Waals surface area contributed by atoms with Crippen molar-refractivity contribution in [3.8, 4) is 0 Å². The Kier molecular flexibility index (Phi) is 2.62. The maximum atomic E-state index is 10.5. The zero-order chi connectivity index (χ0) is 8.27.